The van der Waals surface area contributed by atoms with Gasteiger partial charge in [0.05, 0.1) is 21.8 Å². The summed E-state index contributed by atoms with van der Waals surface area (Å²) < 4.78 is 1.79. The molecule has 6 heteroatoms. The molecule has 3 N–H and O–H groups in total. The van der Waals surface area contributed by atoms with Crippen LogP contribution in [-0.4, -0.2) is 9.78 Å². The Hall–Kier alpha value is -1.07. The summed E-state index contributed by atoms with van der Waals surface area (Å²) in [5, 5.41) is 5.24. The van der Waals surface area contributed by atoms with Gasteiger partial charge in [-0.3, -0.25) is 16.0 Å². The molecule has 1 unspecified atom stereocenters. The molecule has 0 saturated carbocycles. The molecule has 96 valence electrons. The van der Waals surface area contributed by atoms with Crippen molar-refractivity contribution < 1.29 is 0 Å². The second-order valence-electron chi connectivity index (χ2n) is 4.05. The van der Waals surface area contributed by atoms with Gasteiger partial charge in [-0.15, -0.1) is 0 Å². The molecule has 0 radical (unpaired) electrons. The Morgan fingerprint density at radius 2 is 2.11 bits per heavy atom. The highest BCUT2D eigenvalue weighted by molar-refractivity contribution is 6.42. The fourth-order valence-electron chi connectivity index (χ4n) is 1.88. The maximum atomic E-state index is 6.00. The number of aryl methyl sites for hydroxylation is 1. The SMILES string of the molecule is Cn1nccc1C(Cc1ccc(Cl)c(Cl)c1)NN. The number of nitrogens with one attached hydrogen (secondary N) is 1. The van der Waals surface area contributed by atoms with E-state index in [0.717, 1.165) is 11.3 Å². The summed E-state index contributed by atoms with van der Waals surface area (Å²) in [6.07, 6.45) is 2.46. The second kappa shape index (κ2) is 5.71. The average Bonchev–Trinajstić information content (AvgIpc) is 2.77. The first-order valence-corrected chi connectivity index (χ1v) is 6.25. The number of halogens is 2. The van der Waals surface area contributed by atoms with E-state index in [1.54, 1.807) is 16.9 Å². The van der Waals surface area contributed by atoms with Gasteiger partial charge in [0.15, 0.2) is 0 Å². The first-order valence-electron chi connectivity index (χ1n) is 5.49. The fourth-order valence-corrected chi connectivity index (χ4v) is 2.20. The number of rotatable bonds is 4. The molecule has 1 aromatic carbocycles. The van der Waals surface area contributed by atoms with Gasteiger partial charge in [-0.1, -0.05) is 29.3 Å². The van der Waals surface area contributed by atoms with Crippen LogP contribution in [0.3, 0.4) is 0 Å². The summed E-state index contributed by atoms with van der Waals surface area (Å²) in [5.74, 6) is 5.60. The van der Waals surface area contributed by atoms with Crippen LogP contribution in [0.5, 0.6) is 0 Å². The van der Waals surface area contributed by atoms with E-state index >= 15 is 0 Å². The van der Waals surface area contributed by atoms with Gasteiger partial charge in [-0.2, -0.15) is 5.10 Å². The zero-order chi connectivity index (χ0) is 13.1. The van der Waals surface area contributed by atoms with Crippen molar-refractivity contribution in [2.75, 3.05) is 0 Å². The maximum absolute atomic E-state index is 6.00. The fraction of sp³-hybridized carbons (Fsp3) is 0.250. The number of hydrogen-bond donors (Lipinski definition) is 2. The number of nitrogens with two attached hydrogens (primary N) is 1. The summed E-state index contributed by atoms with van der Waals surface area (Å²) in [5.41, 5.74) is 4.87. The number of aromatic nitrogens is 2. The highest BCUT2D eigenvalue weighted by Crippen LogP contribution is 2.25. The summed E-state index contributed by atoms with van der Waals surface area (Å²) in [6, 6.07) is 7.49. The molecule has 1 aromatic heterocycles. The number of nitrogens with zero attached hydrogens (tertiary/aromatic N) is 2. The third-order valence-corrected chi connectivity index (χ3v) is 3.58. The lowest BCUT2D eigenvalue weighted by atomic mass is 10.0. The average molecular weight is 285 g/mol. The quantitative estimate of drug-likeness (QED) is 0.670. The van der Waals surface area contributed by atoms with Crippen molar-refractivity contribution >= 4 is 23.2 Å². The minimum atomic E-state index is -0.0188. The van der Waals surface area contributed by atoms with Crippen LogP contribution in [-0.2, 0) is 13.5 Å². The van der Waals surface area contributed by atoms with Crippen LogP contribution in [0, 0.1) is 0 Å². The third kappa shape index (κ3) is 2.84. The van der Waals surface area contributed by atoms with Crippen LogP contribution in [0.4, 0.5) is 0 Å². The third-order valence-electron chi connectivity index (χ3n) is 2.84. The smallest absolute Gasteiger partial charge is 0.0669 e. The Morgan fingerprint density at radius 1 is 1.33 bits per heavy atom. The van der Waals surface area contributed by atoms with E-state index < -0.39 is 0 Å². The topological polar surface area (TPSA) is 55.9 Å². The molecule has 18 heavy (non-hydrogen) atoms. The molecule has 0 bridgehead atoms. The monoisotopic (exact) mass is 284 g/mol. The largest absolute Gasteiger partial charge is 0.271 e. The van der Waals surface area contributed by atoms with Crippen LogP contribution in [0.1, 0.15) is 17.3 Å². The van der Waals surface area contributed by atoms with Crippen molar-refractivity contribution in [1.29, 1.82) is 0 Å². The minimum absolute atomic E-state index is 0.0188. The van der Waals surface area contributed by atoms with Crippen molar-refractivity contribution in [2.24, 2.45) is 12.9 Å². The van der Waals surface area contributed by atoms with Crippen molar-refractivity contribution in [3.8, 4) is 0 Å². The maximum Gasteiger partial charge on any atom is 0.0669 e. The Balaban J connectivity index is 2.20. The van der Waals surface area contributed by atoms with E-state index in [4.69, 9.17) is 29.0 Å². The van der Waals surface area contributed by atoms with Crippen LogP contribution in [0.15, 0.2) is 30.5 Å². The lowest BCUT2D eigenvalue weighted by Crippen LogP contribution is -2.31. The molecule has 0 aliphatic carbocycles. The Bertz CT molecular complexity index is 539. The van der Waals surface area contributed by atoms with Gasteiger partial charge < -0.3 is 0 Å². The Morgan fingerprint density at radius 3 is 2.67 bits per heavy atom. The lowest BCUT2D eigenvalue weighted by molar-refractivity contribution is 0.508. The first-order chi connectivity index (χ1) is 8.61. The first kappa shape index (κ1) is 13.4. The van der Waals surface area contributed by atoms with Gasteiger partial charge in [0.1, 0.15) is 0 Å². The molecule has 0 spiro atoms. The molecule has 4 nitrogen and oxygen atoms in total. The minimum Gasteiger partial charge on any atom is -0.271 e. The molecular formula is C12H14Cl2N4. The normalized spacial score (nSPS) is 12.7. The van der Waals surface area contributed by atoms with Crippen molar-refractivity contribution in [1.82, 2.24) is 15.2 Å². The molecule has 0 amide bonds. The van der Waals surface area contributed by atoms with Gasteiger partial charge in [-0.05, 0) is 30.2 Å². The van der Waals surface area contributed by atoms with Gasteiger partial charge in [-0.25, -0.2) is 0 Å². The predicted octanol–water partition coefficient (Wildman–Crippen LogP) is 2.47. The highest BCUT2D eigenvalue weighted by Gasteiger charge is 2.14. The summed E-state index contributed by atoms with van der Waals surface area (Å²) in [6.45, 7) is 0. The molecule has 2 aromatic rings. The van der Waals surface area contributed by atoms with Gasteiger partial charge in [0.25, 0.3) is 0 Å². The van der Waals surface area contributed by atoms with E-state index in [9.17, 15) is 0 Å². The van der Waals surface area contributed by atoms with E-state index in [0.29, 0.717) is 16.5 Å². The highest BCUT2D eigenvalue weighted by atomic mass is 35.5. The van der Waals surface area contributed by atoms with E-state index in [1.807, 2.05) is 25.2 Å². The number of benzene rings is 1. The number of hydrogen-bond acceptors (Lipinski definition) is 3. The standard InChI is InChI=1S/C12H14Cl2N4/c1-18-12(4-5-16-18)11(17-15)7-8-2-3-9(13)10(14)6-8/h2-6,11,17H,7,15H2,1H3. The lowest BCUT2D eigenvalue weighted by Gasteiger charge is -2.16. The van der Waals surface area contributed by atoms with Crippen LogP contribution in [0.25, 0.3) is 0 Å². The second-order valence-corrected chi connectivity index (χ2v) is 4.87. The summed E-state index contributed by atoms with van der Waals surface area (Å²) in [4.78, 5) is 0. The van der Waals surface area contributed by atoms with E-state index in [1.165, 1.54) is 0 Å². The summed E-state index contributed by atoms with van der Waals surface area (Å²) in [7, 11) is 1.88. The number of hydrazine groups is 1. The van der Waals surface area contributed by atoms with E-state index in [-0.39, 0.29) is 6.04 Å². The predicted molar refractivity (Wildman–Crippen MR) is 73.4 cm³/mol. The molecule has 2 rings (SSSR count). The molecule has 0 aliphatic heterocycles. The Kier molecular flexibility index (Phi) is 4.24. The molecule has 1 heterocycles. The van der Waals surface area contributed by atoms with Crippen LogP contribution < -0.4 is 11.3 Å². The molecule has 0 saturated heterocycles. The molecule has 0 aliphatic rings. The molecule has 0 fully saturated rings. The van der Waals surface area contributed by atoms with Gasteiger partial charge in [0.2, 0.25) is 0 Å². The zero-order valence-electron chi connectivity index (χ0n) is 9.90. The van der Waals surface area contributed by atoms with Crippen molar-refractivity contribution in [3.05, 3.63) is 51.8 Å². The van der Waals surface area contributed by atoms with Gasteiger partial charge in [0, 0.05) is 13.2 Å². The summed E-state index contributed by atoms with van der Waals surface area (Å²) >= 11 is 11.9. The van der Waals surface area contributed by atoms with E-state index in [2.05, 4.69) is 10.5 Å². The molecule has 1 atom stereocenters. The van der Waals surface area contributed by atoms with Crippen LogP contribution >= 0.6 is 23.2 Å². The van der Waals surface area contributed by atoms with Crippen molar-refractivity contribution in [3.63, 3.8) is 0 Å². The Labute approximate surface area is 116 Å². The van der Waals surface area contributed by atoms with Crippen molar-refractivity contribution in [2.45, 2.75) is 12.5 Å². The molecular weight excluding hydrogens is 271 g/mol. The van der Waals surface area contributed by atoms with Crippen LogP contribution in [0.2, 0.25) is 10.0 Å². The van der Waals surface area contributed by atoms with Gasteiger partial charge >= 0.3 is 0 Å². The zero-order valence-corrected chi connectivity index (χ0v) is 11.4.